The van der Waals surface area contributed by atoms with E-state index in [2.05, 4.69) is 0 Å². The molecule has 0 heterocycles. The van der Waals surface area contributed by atoms with Crippen LogP contribution in [0.25, 0.3) is 0 Å². The number of rotatable bonds is 4. The molecule has 1 aliphatic rings. The Bertz CT molecular complexity index is 483. The van der Waals surface area contributed by atoms with E-state index in [1.165, 1.54) is 6.07 Å². The van der Waals surface area contributed by atoms with Gasteiger partial charge in [0.2, 0.25) is 5.91 Å². The molecule has 3 nitrogen and oxygen atoms in total. The summed E-state index contributed by atoms with van der Waals surface area (Å²) in [6, 6.07) is 6.21. The summed E-state index contributed by atoms with van der Waals surface area (Å²) >= 11 is 0. The van der Waals surface area contributed by atoms with Gasteiger partial charge < -0.3 is 10.6 Å². The zero-order valence-corrected chi connectivity index (χ0v) is 11.7. The zero-order chi connectivity index (χ0) is 14.2. The van der Waals surface area contributed by atoms with Gasteiger partial charge in [0.1, 0.15) is 5.82 Å². The normalized spacial score (nSPS) is 19.6. The molecule has 0 bridgehead atoms. The van der Waals surface area contributed by atoms with Gasteiger partial charge in [-0.1, -0.05) is 18.2 Å². The number of halogens is 1. The molecule has 0 aliphatic heterocycles. The number of hydrogen-bond donors (Lipinski definition) is 1. The number of carbonyl (C=O) groups excluding carboxylic acids is 1. The Kier molecular flexibility index (Phi) is 3.63. The van der Waals surface area contributed by atoms with E-state index in [4.69, 9.17) is 5.73 Å². The van der Waals surface area contributed by atoms with Crippen LogP contribution in [0, 0.1) is 11.7 Å². The number of benzene rings is 1. The molecule has 0 aromatic heterocycles. The van der Waals surface area contributed by atoms with Crippen LogP contribution in [0.1, 0.15) is 38.3 Å². The van der Waals surface area contributed by atoms with Gasteiger partial charge in [-0.2, -0.15) is 0 Å². The summed E-state index contributed by atoms with van der Waals surface area (Å²) in [5.74, 6) is -0.152. The Balaban J connectivity index is 2.17. The number of amides is 1. The summed E-state index contributed by atoms with van der Waals surface area (Å²) in [4.78, 5) is 14.0. The lowest BCUT2D eigenvalue weighted by atomic mass is 9.94. The van der Waals surface area contributed by atoms with Gasteiger partial charge in [0.15, 0.2) is 0 Å². The van der Waals surface area contributed by atoms with Crippen molar-refractivity contribution < 1.29 is 9.18 Å². The van der Waals surface area contributed by atoms with Gasteiger partial charge in [-0.25, -0.2) is 4.39 Å². The van der Waals surface area contributed by atoms with Crippen LogP contribution < -0.4 is 5.73 Å². The largest absolute Gasteiger partial charge is 0.337 e. The lowest BCUT2D eigenvalue weighted by molar-refractivity contribution is -0.137. The van der Waals surface area contributed by atoms with Crippen molar-refractivity contribution in [2.75, 3.05) is 7.05 Å². The summed E-state index contributed by atoms with van der Waals surface area (Å²) in [6.45, 7) is 3.59. The Morgan fingerprint density at radius 2 is 2.05 bits per heavy atom. The summed E-state index contributed by atoms with van der Waals surface area (Å²) in [7, 11) is 1.69. The third kappa shape index (κ3) is 2.63. The molecule has 1 saturated carbocycles. The Morgan fingerprint density at radius 1 is 1.47 bits per heavy atom. The van der Waals surface area contributed by atoms with Gasteiger partial charge in [-0.05, 0) is 38.7 Å². The molecule has 1 aromatic rings. The van der Waals surface area contributed by atoms with Crippen molar-refractivity contribution in [2.24, 2.45) is 11.7 Å². The minimum Gasteiger partial charge on any atom is -0.337 e. The number of carbonyl (C=O) groups is 1. The van der Waals surface area contributed by atoms with E-state index in [-0.39, 0.29) is 23.7 Å². The van der Waals surface area contributed by atoms with Gasteiger partial charge in [0.25, 0.3) is 0 Å². The highest BCUT2D eigenvalue weighted by Gasteiger charge is 2.46. The monoisotopic (exact) mass is 264 g/mol. The van der Waals surface area contributed by atoms with Crippen molar-refractivity contribution in [3.63, 3.8) is 0 Å². The molecule has 19 heavy (non-hydrogen) atoms. The minimum atomic E-state index is -0.839. The van der Waals surface area contributed by atoms with Crippen molar-refractivity contribution in [2.45, 2.75) is 38.3 Å². The molecule has 2 unspecified atom stereocenters. The van der Waals surface area contributed by atoms with Crippen LogP contribution in [0.5, 0.6) is 0 Å². The number of likely N-dealkylation sites (N-methyl/N-ethyl adjacent to an activating group) is 1. The maximum Gasteiger partial charge on any atom is 0.242 e. The highest BCUT2D eigenvalue weighted by molar-refractivity contribution is 5.86. The molecule has 1 aromatic carbocycles. The third-order valence-electron chi connectivity index (χ3n) is 4.14. The quantitative estimate of drug-likeness (QED) is 0.908. The summed E-state index contributed by atoms with van der Waals surface area (Å²) in [5, 5.41) is 0. The number of hydrogen-bond acceptors (Lipinski definition) is 2. The van der Waals surface area contributed by atoms with E-state index >= 15 is 0 Å². The first-order valence-electron chi connectivity index (χ1n) is 6.66. The highest BCUT2D eigenvalue weighted by atomic mass is 19.1. The van der Waals surface area contributed by atoms with Crippen LogP contribution in [0.2, 0.25) is 0 Å². The lowest BCUT2D eigenvalue weighted by Gasteiger charge is -2.33. The van der Waals surface area contributed by atoms with Crippen molar-refractivity contribution >= 4 is 5.91 Å². The second-order valence-electron chi connectivity index (χ2n) is 5.67. The maximum absolute atomic E-state index is 13.8. The van der Waals surface area contributed by atoms with Crippen molar-refractivity contribution in [1.82, 2.24) is 4.90 Å². The van der Waals surface area contributed by atoms with Crippen LogP contribution in [-0.4, -0.2) is 23.4 Å². The molecule has 1 amide bonds. The molecule has 0 spiro atoms. The van der Waals surface area contributed by atoms with E-state index < -0.39 is 5.54 Å². The Hall–Kier alpha value is -1.42. The first-order valence-corrected chi connectivity index (χ1v) is 6.66. The fourth-order valence-electron chi connectivity index (χ4n) is 2.44. The summed E-state index contributed by atoms with van der Waals surface area (Å²) in [5.41, 5.74) is 5.81. The standard InChI is InChI=1S/C15H21FN2O/c1-10(12-6-4-5-7-13(12)16)18(3)14(19)15(2,17)11-8-9-11/h4-7,10-11H,8-9,17H2,1-3H3. The second kappa shape index (κ2) is 4.93. The van der Waals surface area contributed by atoms with E-state index in [1.807, 2.05) is 6.92 Å². The van der Waals surface area contributed by atoms with Crippen LogP contribution in [0.3, 0.4) is 0 Å². The molecule has 2 atom stereocenters. The fourth-order valence-corrected chi connectivity index (χ4v) is 2.44. The average Bonchev–Trinajstić information content (AvgIpc) is 3.21. The van der Waals surface area contributed by atoms with Crippen LogP contribution in [-0.2, 0) is 4.79 Å². The van der Waals surface area contributed by atoms with Crippen molar-refractivity contribution in [3.8, 4) is 0 Å². The van der Waals surface area contributed by atoms with E-state index in [1.54, 1.807) is 37.1 Å². The van der Waals surface area contributed by atoms with E-state index in [0.29, 0.717) is 5.56 Å². The van der Waals surface area contributed by atoms with E-state index in [9.17, 15) is 9.18 Å². The Morgan fingerprint density at radius 3 is 2.58 bits per heavy atom. The lowest BCUT2D eigenvalue weighted by Crippen LogP contribution is -2.54. The summed E-state index contributed by atoms with van der Waals surface area (Å²) in [6.07, 6.45) is 2.00. The van der Waals surface area contributed by atoms with E-state index in [0.717, 1.165) is 12.8 Å². The van der Waals surface area contributed by atoms with Gasteiger partial charge in [-0.15, -0.1) is 0 Å². The topological polar surface area (TPSA) is 46.3 Å². The van der Waals surface area contributed by atoms with Gasteiger partial charge in [-0.3, -0.25) is 4.79 Å². The molecule has 2 rings (SSSR count). The molecule has 0 saturated heterocycles. The smallest absolute Gasteiger partial charge is 0.242 e. The molecule has 0 radical (unpaired) electrons. The first kappa shape index (κ1) is 14.0. The van der Waals surface area contributed by atoms with Crippen molar-refractivity contribution in [1.29, 1.82) is 0 Å². The third-order valence-corrected chi connectivity index (χ3v) is 4.14. The molecular weight excluding hydrogens is 243 g/mol. The molecule has 1 aliphatic carbocycles. The zero-order valence-electron chi connectivity index (χ0n) is 11.7. The molecule has 1 fully saturated rings. The molecule has 4 heteroatoms. The van der Waals surface area contributed by atoms with Crippen LogP contribution in [0.4, 0.5) is 4.39 Å². The predicted molar refractivity (Wildman–Crippen MR) is 72.9 cm³/mol. The van der Waals surface area contributed by atoms with Crippen molar-refractivity contribution in [3.05, 3.63) is 35.6 Å². The number of nitrogens with zero attached hydrogens (tertiary/aromatic N) is 1. The highest BCUT2D eigenvalue weighted by Crippen LogP contribution is 2.39. The molecule has 104 valence electrons. The first-order chi connectivity index (χ1) is 8.85. The summed E-state index contributed by atoms with van der Waals surface area (Å²) < 4.78 is 13.8. The predicted octanol–water partition coefficient (Wildman–Crippen LogP) is 2.47. The minimum absolute atomic E-state index is 0.120. The fraction of sp³-hybridized carbons (Fsp3) is 0.533. The SMILES string of the molecule is CC(c1ccccc1F)N(C)C(=O)C(C)(N)C1CC1. The van der Waals surface area contributed by atoms with Gasteiger partial charge in [0.05, 0.1) is 11.6 Å². The van der Waals surface area contributed by atoms with Crippen LogP contribution in [0.15, 0.2) is 24.3 Å². The average molecular weight is 264 g/mol. The Labute approximate surface area is 113 Å². The van der Waals surface area contributed by atoms with Gasteiger partial charge >= 0.3 is 0 Å². The second-order valence-corrected chi connectivity index (χ2v) is 5.67. The number of nitrogens with two attached hydrogens (primary N) is 1. The molecular formula is C15H21FN2O. The maximum atomic E-state index is 13.8. The van der Waals surface area contributed by atoms with Gasteiger partial charge in [0, 0.05) is 12.6 Å². The molecule has 2 N–H and O–H groups in total. The van der Waals surface area contributed by atoms with Crippen LogP contribution >= 0.6 is 0 Å².